The average molecular weight is 446 g/mol. The van der Waals surface area contributed by atoms with E-state index in [4.69, 9.17) is 27.9 Å². The molecule has 0 aliphatic heterocycles. The lowest BCUT2D eigenvalue weighted by Gasteiger charge is -2.06. The molecule has 0 spiro atoms. The Bertz CT molecular complexity index is 1150. The molecule has 8 heteroatoms. The fraction of sp³-hybridized carbons (Fsp3) is 0.227. The van der Waals surface area contributed by atoms with Gasteiger partial charge in [0.1, 0.15) is 0 Å². The number of aliphatic imine (C=N–C) groups is 1. The fourth-order valence-corrected chi connectivity index (χ4v) is 3.16. The van der Waals surface area contributed by atoms with Gasteiger partial charge in [0.2, 0.25) is 0 Å². The van der Waals surface area contributed by atoms with Crippen molar-refractivity contribution >= 4 is 41.1 Å². The minimum absolute atomic E-state index is 0.240. The SMILES string of the molecule is CCCCOC(=O)c1cc(N=Cc2c(C)[nH]n(-c3cccc(Cl)c3)c2=O)ccc1Cl. The molecule has 0 radical (unpaired) electrons. The van der Waals surface area contributed by atoms with Crippen molar-refractivity contribution in [1.82, 2.24) is 9.78 Å². The summed E-state index contributed by atoms with van der Waals surface area (Å²) in [6.07, 6.45) is 3.17. The van der Waals surface area contributed by atoms with E-state index in [1.54, 1.807) is 49.4 Å². The number of esters is 1. The van der Waals surface area contributed by atoms with Gasteiger partial charge < -0.3 is 4.74 Å². The number of halogens is 2. The molecule has 0 fully saturated rings. The monoisotopic (exact) mass is 445 g/mol. The van der Waals surface area contributed by atoms with E-state index in [1.807, 2.05) is 6.92 Å². The van der Waals surface area contributed by atoms with Crippen molar-refractivity contribution in [2.75, 3.05) is 6.61 Å². The molecule has 0 bridgehead atoms. The van der Waals surface area contributed by atoms with Gasteiger partial charge in [-0.2, -0.15) is 0 Å². The predicted octanol–water partition coefficient (Wildman–Crippen LogP) is 5.49. The second kappa shape index (κ2) is 9.78. The molecule has 2 aromatic carbocycles. The number of ether oxygens (including phenoxy) is 1. The Balaban J connectivity index is 1.87. The summed E-state index contributed by atoms with van der Waals surface area (Å²) in [6, 6.07) is 11.8. The number of H-pyrrole nitrogens is 1. The predicted molar refractivity (Wildman–Crippen MR) is 120 cm³/mol. The van der Waals surface area contributed by atoms with Gasteiger partial charge in [0, 0.05) is 16.9 Å². The highest BCUT2D eigenvalue weighted by molar-refractivity contribution is 6.33. The summed E-state index contributed by atoms with van der Waals surface area (Å²) in [6.45, 7) is 4.13. The molecule has 1 heterocycles. The lowest BCUT2D eigenvalue weighted by Crippen LogP contribution is -2.17. The molecule has 0 aliphatic carbocycles. The molecule has 0 unspecified atom stereocenters. The van der Waals surface area contributed by atoms with Crippen molar-refractivity contribution in [2.45, 2.75) is 26.7 Å². The van der Waals surface area contributed by atoms with Gasteiger partial charge in [-0.05, 0) is 49.7 Å². The van der Waals surface area contributed by atoms with E-state index in [0.29, 0.717) is 34.3 Å². The van der Waals surface area contributed by atoms with Gasteiger partial charge in [-0.25, -0.2) is 9.48 Å². The van der Waals surface area contributed by atoms with Gasteiger partial charge in [-0.15, -0.1) is 0 Å². The van der Waals surface area contributed by atoms with E-state index >= 15 is 0 Å². The van der Waals surface area contributed by atoms with Crippen LogP contribution in [0.5, 0.6) is 0 Å². The van der Waals surface area contributed by atoms with Crippen molar-refractivity contribution in [3.8, 4) is 5.69 Å². The zero-order valence-electron chi connectivity index (χ0n) is 16.6. The summed E-state index contributed by atoms with van der Waals surface area (Å²) < 4.78 is 6.63. The number of hydrogen-bond donors (Lipinski definition) is 1. The van der Waals surface area contributed by atoms with Crippen LogP contribution in [-0.4, -0.2) is 28.6 Å². The molecule has 1 aromatic heterocycles. The molecule has 1 N–H and O–H groups in total. The van der Waals surface area contributed by atoms with Gasteiger partial charge >= 0.3 is 5.97 Å². The van der Waals surface area contributed by atoms with Crippen LogP contribution in [0.3, 0.4) is 0 Å². The van der Waals surface area contributed by atoms with Crippen LogP contribution in [-0.2, 0) is 4.74 Å². The number of nitrogens with one attached hydrogen (secondary N) is 1. The van der Waals surface area contributed by atoms with E-state index in [-0.39, 0.29) is 16.1 Å². The Labute approximate surface area is 184 Å². The second-order valence-electron chi connectivity index (χ2n) is 6.68. The summed E-state index contributed by atoms with van der Waals surface area (Å²) in [5, 5.41) is 3.84. The normalized spacial score (nSPS) is 11.2. The first-order valence-electron chi connectivity index (χ1n) is 9.49. The van der Waals surface area contributed by atoms with Crippen LogP contribution >= 0.6 is 23.2 Å². The molecule has 6 nitrogen and oxygen atoms in total. The van der Waals surface area contributed by atoms with Gasteiger partial charge in [-0.1, -0.05) is 42.6 Å². The van der Waals surface area contributed by atoms with Gasteiger partial charge in [-0.3, -0.25) is 14.9 Å². The smallest absolute Gasteiger partial charge is 0.339 e. The van der Waals surface area contributed by atoms with Crippen LogP contribution in [0.2, 0.25) is 10.0 Å². The Morgan fingerprint density at radius 1 is 1.23 bits per heavy atom. The molecule has 30 heavy (non-hydrogen) atoms. The molecule has 0 saturated carbocycles. The first-order valence-corrected chi connectivity index (χ1v) is 10.2. The maximum absolute atomic E-state index is 12.8. The van der Waals surface area contributed by atoms with Crippen molar-refractivity contribution in [3.63, 3.8) is 0 Å². The maximum atomic E-state index is 12.8. The van der Waals surface area contributed by atoms with Gasteiger partial charge in [0.15, 0.2) is 0 Å². The van der Waals surface area contributed by atoms with Crippen LogP contribution in [0, 0.1) is 6.92 Å². The largest absolute Gasteiger partial charge is 0.462 e. The first kappa shape index (κ1) is 21.9. The number of nitrogens with zero attached hydrogens (tertiary/aromatic N) is 2. The third-order valence-electron chi connectivity index (χ3n) is 4.43. The second-order valence-corrected chi connectivity index (χ2v) is 7.53. The minimum atomic E-state index is -0.494. The molecule has 0 aliphatic rings. The van der Waals surface area contributed by atoms with Crippen LogP contribution in [0.1, 0.15) is 41.4 Å². The molecule has 3 rings (SSSR count). The Kier molecular flexibility index (Phi) is 7.13. The number of carbonyl (C=O) groups excluding carboxylic acids is 1. The Morgan fingerprint density at radius 3 is 2.77 bits per heavy atom. The third-order valence-corrected chi connectivity index (χ3v) is 4.99. The van der Waals surface area contributed by atoms with E-state index in [1.165, 1.54) is 10.9 Å². The van der Waals surface area contributed by atoms with Gasteiger partial charge in [0.25, 0.3) is 5.56 Å². The topological polar surface area (TPSA) is 76.4 Å². The summed E-state index contributed by atoms with van der Waals surface area (Å²) in [5.41, 5.74) is 2.14. The number of aromatic nitrogens is 2. The molecular formula is C22H21Cl2N3O3. The van der Waals surface area contributed by atoms with E-state index in [2.05, 4.69) is 10.1 Å². The molecule has 0 amide bonds. The van der Waals surface area contributed by atoms with Crippen LogP contribution in [0.15, 0.2) is 52.3 Å². The molecule has 156 valence electrons. The summed E-state index contributed by atoms with van der Waals surface area (Å²) >= 11 is 12.2. The van der Waals surface area contributed by atoms with E-state index in [0.717, 1.165) is 12.8 Å². The first-order chi connectivity index (χ1) is 14.4. The zero-order chi connectivity index (χ0) is 21.7. The molecular weight excluding hydrogens is 425 g/mol. The third kappa shape index (κ3) is 5.01. The number of unbranched alkanes of at least 4 members (excludes halogenated alkanes) is 1. The van der Waals surface area contributed by atoms with Gasteiger partial charge in [0.05, 0.1) is 34.1 Å². The van der Waals surface area contributed by atoms with Crippen molar-refractivity contribution in [2.24, 2.45) is 4.99 Å². The summed E-state index contributed by atoms with van der Waals surface area (Å²) in [4.78, 5) is 29.4. The zero-order valence-corrected chi connectivity index (χ0v) is 18.1. The standard InChI is InChI=1S/C22H21Cl2N3O3/c1-3-4-10-30-22(29)18-12-16(8-9-20(18)24)25-13-19-14(2)26-27(21(19)28)17-7-5-6-15(23)11-17/h5-9,11-13,26H,3-4,10H2,1-2H3. The minimum Gasteiger partial charge on any atom is -0.462 e. The Hall–Kier alpha value is -2.83. The lowest BCUT2D eigenvalue weighted by atomic mass is 10.2. The molecule has 0 atom stereocenters. The van der Waals surface area contributed by atoms with Crippen molar-refractivity contribution in [3.05, 3.63) is 79.7 Å². The maximum Gasteiger partial charge on any atom is 0.339 e. The molecule has 0 saturated heterocycles. The van der Waals surface area contributed by atoms with E-state index in [9.17, 15) is 9.59 Å². The molecule has 3 aromatic rings. The van der Waals surface area contributed by atoms with Crippen LogP contribution in [0.25, 0.3) is 5.69 Å². The van der Waals surface area contributed by atoms with E-state index < -0.39 is 5.97 Å². The number of benzene rings is 2. The van der Waals surface area contributed by atoms with Crippen LogP contribution in [0.4, 0.5) is 5.69 Å². The lowest BCUT2D eigenvalue weighted by molar-refractivity contribution is 0.0500. The summed E-state index contributed by atoms with van der Waals surface area (Å²) in [5.74, 6) is -0.494. The summed E-state index contributed by atoms with van der Waals surface area (Å²) in [7, 11) is 0. The number of carbonyl (C=O) groups is 1. The Morgan fingerprint density at radius 2 is 2.03 bits per heavy atom. The van der Waals surface area contributed by atoms with Crippen molar-refractivity contribution < 1.29 is 9.53 Å². The highest BCUT2D eigenvalue weighted by Gasteiger charge is 2.14. The van der Waals surface area contributed by atoms with Crippen LogP contribution < -0.4 is 5.56 Å². The quantitative estimate of drug-likeness (QED) is 0.296. The fourth-order valence-electron chi connectivity index (χ4n) is 2.78. The highest BCUT2D eigenvalue weighted by atomic mass is 35.5. The average Bonchev–Trinajstić information content (AvgIpc) is 3.01. The highest BCUT2D eigenvalue weighted by Crippen LogP contribution is 2.23. The number of aromatic amines is 1. The number of rotatable bonds is 7. The number of aryl methyl sites for hydroxylation is 1. The van der Waals surface area contributed by atoms with Crippen molar-refractivity contribution in [1.29, 1.82) is 0 Å². The number of hydrogen-bond acceptors (Lipinski definition) is 4.